The number of ether oxygens (including phenoxy) is 3. The lowest BCUT2D eigenvalue weighted by molar-refractivity contribution is -0.167. The summed E-state index contributed by atoms with van der Waals surface area (Å²) in [6, 6.07) is 0. The molecule has 0 rings (SSSR count). The van der Waals surface area contributed by atoms with Gasteiger partial charge in [-0.1, -0.05) is 162 Å². The lowest BCUT2D eigenvalue weighted by Gasteiger charge is -2.18. The number of hydrogen-bond donors (Lipinski definition) is 0. The molecule has 254 valence electrons. The number of unbranched alkanes of at least 4 members (excludes halogenated alkanes) is 22. The average Bonchev–Trinajstić information content (AvgIpc) is 3.00. The predicted octanol–water partition coefficient (Wildman–Crippen LogP) is 11.0. The third kappa shape index (κ3) is 31.6. The second-order valence-electron chi connectivity index (χ2n) is 12.5. The Balaban J connectivity index is 4.28. The molecule has 0 unspecified atom stereocenters. The van der Waals surface area contributed by atoms with Gasteiger partial charge in [0, 0.05) is 19.3 Å². The first-order valence-electron chi connectivity index (χ1n) is 18.5. The van der Waals surface area contributed by atoms with Crippen molar-refractivity contribution in [3.8, 4) is 0 Å². The van der Waals surface area contributed by atoms with Crippen molar-refractivity contribution in [2.45, 2.75) is 207 Å². The van der Waals surface area contributed by atoms with Gasteiger partial charge in [0.15, 0.2) is 6.10 Å². The third-order valence-electron chi connectivity index (χ3n) is 8.11. The minimum atomic E-state index is -0.753. The fourth-order valence-electron chi connectivity index (χ4n) is 5.26. The van der Waals surface area contributed by atoms with Crippen molar-refractivity contribution in [3.63, 3.8) is 0 Å². The zero-order valence-corrected chi connectivity index (χ0v) is 28.7. The Morgan fingerprint density at radius 2 is 0.628 bits per heavy atom. The Kier molecular flexibility index (Phi) is 32.1. The molecule has 0 heterocycles. The minimum Gasteiger partial charge on any atom is -0.462 e. The van der Waals surface area contributed by atoms with Crippen molar-refractivity contribution < 1.29 is 28.6 Å². The van der Waals surface area contributed by atoms with Crippen molar-refractivity contribution in [3.05, 3.63) is 0 Å². The van der Waals surface area contributed by atoms with Gasteiger partial charge >= 0.3 is 17.9 Å². The summed E-state index contributed by atoms with van der Waals surface area (Å²) >= 11 is 0. The van der Waals surface area contributed by atoms with E-state index in [1.807, 2.05) is 0 Å². The zero-order valence-electron chi connectivity index (χ0n) is 28.7. The summed E-state index contributed by atoms with van der Waals surface area (Å²) in [5, 5.41) is 0. The Morgan fingerprint density at radius 1 is 0.372 bits per heavy atom. The largest absolute Gasteiger partial charge is 0.462 e. The molecule has 0 aliphatic rings. The SMILES string of the molecule is CCCCCCCCCCCCCC(=O)OC[C@@H](COC(=O)CCCCCCC)OC(=O)CCCCCCCCCCC. The fourth-order valence-corrected chi connectivity index (χ4v) is 5.26. The van der Waals surface area contributed by atoms with Crippen molar-refractivity contribution in [1.82, 2.24) is 0 Å². The van der Waals surface area contributed by atoms with Crippen LogP contribution in [0.3, 0.4) is 0 Å². The van der Waals surface area contributed by atoms with Crippen molar-refractivity contribution >= 4 is 17.9 Å². The molecule has 0 N–H and O–H groups in total. The van der Waals surface area contributed by atoms with Gasteiger partial charge in [0.25, 0.3) is 0 Å². The lowest BCUT2D eigenvalue weighted by Crippen LogP contribution is -2.30. The van der Waals surface area contributed by atoms with Crippen molar-refractivity contribution in [2.24, 2.45) is 0 Å². The molecule has 0 bridgehead atoms. The van der Waals surface area contributed by atoms with Gasteiger partial charge < -0.3 is 14.2 Å². The maximum absolute atomic E-state index is 12.5. The van der Waals surface area contributed by atoms with Gasteiger partial charge in [0.2, 0.25) is 0 Å². The summed E-state index contributed by atoms with van der Waals surface area (Å²) < 4.78 is 16.5. The standard InChI is InChI=1S/C37H70O6/c1-4-7-10-13-15-17-18-20-21-24-27-30-36(39)42-33-34(32-41-35(38)29-26-23-12-9-6-3)43-37(40)31-28-25-22-19-16-14-11-8-5-2/h34H,4-33H2,1-3H3/t34-/m1/s1. The molecular formula is C37H70O6. The van der Waals surface area contributed by atoms with Crippen LogP contribution in [-0.4, -0.2) is 37.2 Å². The first-order valence-corrected chi connectivity index (χ1v) is 18.5. The molecule has 0 aliphatic carbocycles. The van der Waals surface area contributed by atoms with Gasteiger partial charge in [0.1, 0.15) is 13.2 Å². The molecule has 0 spiro atoms. The molecule has 1 atom stereocenters. The van der Waals surface area contributed by atoms with Gasteiger partial charge in [-0.05, 0) is 19.3 Å². The maximum atomic E-state index is 12.5. The van der Waals surface area contributed by atoms with Crippen LogP contribution in [0.15, 0.2) is 0 Å². The summed E-state index contributed by atoms with van der Waals surface area (Å²) in [5.41, 5.74) is 0. The summed E-state index contributed by atoms with van der Waals surface area (Å²) in [6.45, 7) is 6.51. The van der Waals surface area contributed by atoms with E-state index >= 15 is 0 Å². The highest BCUT2D eigenvalue weighted by atomic mass is 16.6. The van der Waals surface area contributed by atoms with E-state index in [-0.39, 0.29) is 31.1 Å². The minimum absolute atomic E-state index is 0.0653. The monoisotopic (exact) mass is 611 g/mol. The van der Waals surface area contributed by atoms with E-state index in [0.717, 1.165) is 64.2 Å². The zero-order chi connectivity index (χ0) is 31.6. The number of carbonyl (C=O) groups excluding carboxylic acids is 3. The topological polar surface area (TPSA) is 78.9 Å². The van der Waals surface area contributed by atoms with Gasteiger partial charge in [-0.3, -0.25) is 14.4 Å². The Hall–Kier alpha value is -1.59. The van der Waals surface area contributed by atoms with E-state index < -0.39 is 6.10 Å². The highest BCUT2D eigenvalue weighted by Gasteiger charge is 2.19. The van der Waals surface area contributed by atoms with E-state index in [1.54, 1.807) is 0 Å². The molecule has 6 nitrogen and oxygen atoms in total. The van der Waals surface area contributed by atoms with Crippen LogP contribution < -0.4 is 0 Å². The molecular weight excluding hydrogens is 540 g/mol. The van der Waals surface area contributed by atoms with Gasteiger partial charge in [-0.15, -0.1) is 0 Å². The quantitative estimate of drug-likeness (QED) is 0.0418. The van der Waals surface area contributed by atoms with Crippen LogP contribution in [0.25, 0.3) is 0 Å². The van der Waals surface area contributed by atoms with E-state index in [9.17, 15) is 14.4 Å². The number of carbonyl (C=O) groups is 3. The van der Waals surface area contributed by atoms with Crippen LogP contribution in [-0.2, 0) is 28.6 Å². The molecule has 0 aliphatic heterocycles. The van der Waals surface area contributed by atoms with Gasteiger partial charge in [-0.25, -0.2) is 0 Å². The highest BCUT2D eigenvalue weighted by Crippen LogP contribution is 2.14. The van der Waals surface area contributed by atoms with Crippen molar-refractivity contribution in [2.75, 3.05) is 13.2 Å². The van der Waals surface area contributed by atoms with E-state index in [4.69, 9.17) is 14.2 Å². The maximum Gasteiger partial charge on any atom is 0.306 e. The van der Waals surface area contributed by atoms with Gasteiger partial charge in [-0.2, -0.15) is 0 Å². The summed E-state index contributed by atoms with van der Waals surface area (Å²) in [6.07, 6.45) is 29.7. The van der Waals surface area contributed by atoms with Crippen LogP contribution >= 0.6 is 0 Å². The Labute approximate surface area is 266 Å². The second-order valence-corrected chi connectivity index (χ2v) is 12.5. The molecule has 6 heteroatoms. The molecule has 0 fully saturated rings. The second kappa shape index (κ2) is 33.3. The van der Waals surface area contributed by atoms with Crippen LogP contribution in [0.5, 0.6) is 0 Å². The first-order chi connectivity index (χ1) is 21.0. The molecule has 0 aromatic heterocycles. The van der Waals surface area contributed by atoms with Crippen LogP contribution in [0, 0.1) is 0 Å². The molecule has 0 saturated heterocycles. The van der Waals surface area contributed by atoms with E-state index in [1.165, 1.54) is 96.3 Å². The normalized spacial score (nSPS) is 11.8. The average molecular weight is 611 g/mol. The first kappa shape index (κ1) is 41.4. The number of esters is 3. The smallest absolute Gasteiger partial charge is 0.306 e. The summed E-state index contributed by atoms with van der Waals surface area (Å²) in [4.78, 5) is 37.1. The van der Waals surface area contributed by atoms with Gasteiger partial charge in [0.05, 0.1) is 0 Å². The van der Waals surface area contributed by atoms with Crippen LogP contribution in [0.2, 0.25) is 0 Å². The Bertz CT molecular complexity index is 635. The lowest BCUT2D eigenvalue weighted by atomic mass is 10.1. The predicted molar refractivity (Wildman–Crippen MR) is 178 cm³/mol. The Morgan fingerprint density at radius 3 is 0.930 bits per heavy atom. The van der Waals surface area contributed by atoms with Crippen LogP contribution in [0.1, 0.15) is 201 Å². The fraction of sp³-hybridized carbons (Fsp3) is 0.919. The molecule has 43 heavy (non-hydrogen) atoms. The molecule has 0 aromatic rings. The van der Waals surface area contributed by atoms with Crippen LogP contribution in [0.4, 0.5) is 0 Å². The summed E-state index contributed by atoms with van der Waals surface area (Å²) in [5.74, 6) is -0.882. The molecule has 0 saturated carbocycles. The van der Waals surface area contributed by atoms with Crippen molar-refractivity contribution in [1.29, 1.82) is 0 Å². The number of hydrogen-bond acceptors (Lipinski definition) is 6. The highest BCUT2D eigenvalue weighted by molar-refractivity contribution is 5.71. The number of rotatable bonds is 33. The molecule has 0 radical (unpaired) electrons. The van der Waals surface area contributed by atoms with E-state index in [0.29, 0.717) is 19.3 Å². The third-order valence-corrected chi connectivity index (χ3v) is 8.11. The summed E-state index contributed by atoms with van der Waals surface area (Å²) in [7, 11) is 0. The van der Waals surface area contributed by atoms with E-state index in [2.05, 4.69) is 20.8 Å². The molecule has 0 amide bonds. The molecule has 0 aromatic carbocycles.